The van der Waals surface area contributed by atoms with Gasteiger partial charge in [0.05, 0.1) is 6.54 Å². The predicted molar refractivity (Wildman–Crippen MR) is 69.0 cm³/mol. The molecule has 1 rings (SSSR count). The molecule has 0 aromatic rings. The minimum atomic E-state index is -1.04. The molecule has 1 amide bonds. The lowest BCUT2D eigenvalue weighted by Crippen LogP contribution is -2.52. The molecule has 0 saturated heterocycles. The summed E-state index contributed by atoms with van der Waals surface area (Å²) in [4.78, 5) is 24.7. The van der Waals surface area contributed by atoms with Gasteiger partial charge in [0.1, 0.15) is 5.54 Å². The zero-order valence-corrected chi connectivity index (χ0v) is 11.3. The average molecular weight is 254 g/mol. The average Bonchev–Trinajstić information content (AvgIpc) is 2.88. The van der Waals surface area contributed by atoms with Gasteiger partial charge < -0.3 is 10.0 Å². The van der Waals surface area contributed by atoms with E-state index in [1.807, 2.05) is 0 Å². The first-order valence-corrected chi connectivity index (χ1v) is 6.34. The first kappa shape index (κ1) is 14.7. The zero-order valence-electron chi connectivity index (χ0n) is 11.3. The third-order valence-electron chi connectivity index (χ3n) is 3.63. The number of aliphatic carboxylic acids is 1. The molecule has 5 nitrogen and oxygen atoms in total. The number of amides is 1. The molecule has 0 saturated carbocycles. The fourth-order valence-corrected chi connectivity index (χ4v) is 1.86. The number of likely N-dealkylation sites (N-methyl/N-ethyl adjacent to an activating group) is 1. The van der Waals surface area contributed by atoms with Crippen LogP contribution < -0.4 is 5.32 Å². The van der Waals surface area contributed by atoms with Gasteiger partial charge in [0.2, 0.25) is 5.91 Å². The Labute approximate surface area is 108 Å². The third-order valence-corrected chi connectivity index (χ3v) is 3.63. The number of nitrogens with zero attached hydrogens (tertiary/aromatic N) is 1. The summed E-state index contributed by atoms with van der Waals surface area (Å²) < 4.78 is 0. The van der Waals surface area contributed by atoms with E-state index in [-0.39, 0.29) is 12.5 Å². The summed E-state index contributed by atoms with van der Waals surface area (Å²) in [5.41, 5.74) is -0.00377. The minimum absolute atomic E-state index is 0.0461. The van der Waals surface area contributed by atoms with E-state index in [0.717, 1.165) is 25.0 Å². The number of allylic oxidation sites excluding steroid dienone is 2. The van der Waals surface area contributed by atoms with Crippen LogP contribution in [0.3, 0.4) is 0 Å². The van der Waals surface area contributed by atoms with Gasteiger partial charge >= 0.3 is 5.97 Å². The number of carbonyl (C=O) groups excluding carboxylic acids is 1. The van der Waals surface area contributed by atoms with E-state index < -0.39 is 11.5 Å². The Bertz CT molecular complexity index is 365. The minimum Gasteiger partial charge on any atom is -0.480 e. The van der Waals surface area contributed by atoms with Crippen LogP contribution in [0.15, 0.2) is 11.8 Å². The first-order chi connectivity index (χ1) is 8.40. The molecular weight excluding hydrogens is 232 g/mol. The normalized spacial score (nSPS) is 18.1. The maximum atomic E-state index is 11.9. The van der Waals surface area contributed by atoms with Crippen LogP contribution in [0.2, 0.25) is 0 Å². The summed E-state index contributed by atoms with van der Waals surface area (Å²) in [6.07, 6.45) is 5.52. The van der Waals surface area contributed by atoms with Crippen LogP contribution in [0.25, 0.3) is 0 Å². The molecule has 0 radical (unpaired) electrons. The van der Waals surface area contributed by atoms with Crippen molar-refractivity contribution in [3.8, 4) is 0 Å². The van der Waals surface area contributed by atoms with Crippen molar-refractivity contribution in [1.82, 2.24) is 10.2 Å². The Balaban J connectivity index is 2.52. The number of rotatable bonds is 6. The van der Waals surface area contributed by atoms with Crippen molar-refractivity contribution < 1.29 is 14.7 Å². The quantitative estimate of drug-likeness (QED) is 0.751. The number of carboxylic acid groups (broad SMARTS) is 1. The topological polar surface area (TPSA) is 69.6 Å². The fraction of sp³-hybridized carbons (Fsp3) is 0.692. The molecule has 0 heterocycles. The molecule has 0 aliphatic heterocycles. The molecule has 2 N–H and O–H groups in total. The van der Waals surface area contributed by atoms with Gasteiger partial charge in [0, 0.05) is 12.7 Å². The highest BCUT2D eigenvalue weighted by Crippen LogP contribution is 2.20. The van der Waals surface area contributed by atoms with Gasteiger partial charge in [-0.15, -0.1) is 0 Å². The number of hydrogen-bond donors (Lipinski definition) is 2. The van der Waals surface area contributed by atoms with E-state index in [2.05, 4.69) is 11.4 Å². The maximum Gasteiger partial charge on any atom is 0.323 e. The second-order valence-corrected chi connectivity index (χ2v) is 4.88. The van der Waals surface area contributed by atoms with Gasteiger partial charge in [-0.3, -0.25) is 14.9 Å². The SMILES string of the molecule is CCC(C)(NCC(=O)N(C)C1=CCCC1)C(=O)O. The highest BCUT2D eigenvalue weighted by molar-refractivity contribution is 5.82. The molecule has 1 atom stereocenters. The molecule has 0 bridgehead atoms. The fourth-order valence-electron chi connectivity index (χ4n) is 1.86. The molecule has 5 heteroatoms. The molecular formula is C13H22N2O3. The van der Waals surface area contributed by atoms with Gasteiger partial charge in [-0.2, -0.15) is 0 Å². The van der Waals surface area contributed by atoms with Crippen molar-refractivity contribution in [2.45, 2.75) is 45.1 Å². The Morgan fingerprint density at radius 2 is 2.22 bits per heavy atom. The van der Waals surface area contributed by atoms with Crippen LogP contribution in [0.5, 0.6) is 0 Å². The predicted octanol–water partition coefficient (Wildman–Crippen LogP) is 1.36. The van der Waals surface area contributed by atoms with E-state index in [4.69, 9.17) is 5.11 Å². The Kier molecular flexibility index (Phi) is 4.90. The standard InChI is InChI=1S/C13H22N2O3/c1-4-13(2,12(17)18)14-9-11(16)15(3)10-7-5-6-8-10/h7,14H,4-6,8-9H2,1-3H3,(H,17,18). The molecule has 0 aromatic carbocycles. The molecule has 1 aliphatic rings. The molecule has 0 aromatic heterocycles. The first-order valence-electron chi connectivity index (χ1n) is 6.34. The van der Waals surface area contributed by atoms with E-state index in [9.17, 15) is 9.59 Å². The van der Waals surface area contributed by atoms with Gasteiger partial charge in [-0.25, -0.2) is 0 Å². The lowest BCUT2D eigenvalue weighted by molar-refractivity contribution is -0.144. The van der Waals surface area contributed by atoms with Crippen LogP contribution in [0.4, 0.5) is 0 Å². The number of carbonyl (C=O) groups is 2. The lowest BCUT2D eigenvalue weighted by Gasteiger charge is -2.26. The van der Waals surface area contributed by atoms with Gasteiger partial charge in [-0.1, -0.05) is 13.0 Å². The summed E-state index contributed by atoms with van der Waals surface area (Å²) in [7, 11) is 1.74. The van der Waals surface area contributed by atoms with Crippen LogP contribution in [0, 0.1) is 0 Å². The second-order valence-electron chi connectivity index (χ2n) is 4.88. The smallest absolute Gasteiger partial charge is 0.323 e. The molecule has 102 valence electrons. The van der Waals surface area contributed by atoms with Gasteiger partial charge in [0.25, 0.3) is 0 Å². The second kappa shape index (κ2) is 6.00. The summed E-state index contributed by atoms with van der Waals surface area (Å²) in [5, 5.41) is 11.9. The molecule has 1 unspecified atom stereocenters. The van der Waals surface area contributed by atoms with E-state index in [0.29, 0.717) is 6.42 Å². The Morgan fingerprint density at radius 1 is 1.56 bits per heavy atom. The van der Waals surface area contributed by atoms with Crippen molar-refractivity contribution >= 4 is 11.9 Å². The Morgan fingerprint density at radius 3 is 2.67 bits per heavy atom. The van der Waals surface area contributed by atoms with Crippen LogP contribution in [-0.2, 0) is 9.59 Å². The van der Waals surface area contributed by atoms with Crippen molar-refractivity contribution in [1.29, 1.82) is 0 Å². The van der Waals surface area contributed by atoms with E-state index >= 15 is 0 Å². The third kappa shape index (κ3) is 3.32. The van der Waals surface area contributed by atoms with Crippen LogP contribution in [-0.4, -0.2) is 41.0 Å². The molecule has 18 heavy (non-hydrogen) atoms. The highest BCUT2D eigenvalue weighted by atomic mass is 16.4. The van der Waals surface area contributed by atoms with Crippen molar-refractivity contribution in [3.63, 3.8) is 0 Å². The van der Waals surface area contributed by atoms with E-state index in [1.165, 1.54) is 0 Å². The van der Waals surface area contributed by atoms with Crippen molar-refractivity contribution in [2.75, 3.05) is 13.6 Å². The number of hydrogen-bond acceptors (Lipinski definition) is 3. The summed E-state index contributed by atoms with van der Waals surface area (Å²) in [6, 6.07) is 0. The summed E-state index contributed by atoms with van der Waals surface area (Å²) in [5.74, 6) is -1.02. The Hall–Kier alpha value is -1.36. The number of nitrogens with one attached hydrogen (secondary N) is 1. The van der Waals surface area contributed by atoms with Crippen molar-refractivity contribution in [3.05, 3.63) is 11.8 Å². The lowest BCUT2D eigenvalue weighted by atomic mass is 9.99. The van der Waals surface area contributed by atoms with Crippen LogP contribution in [0.1, 0.15) is 39.5 Å². The van der Waals surface area contributed by atoms with Crippen molar-refractivity contribution in [2.24, 2.45) is 0 Å². The van der Waals surface area contributed by atoms with E-state index in [1.54, 1.807) is 25.8 Å². The summed E-state index contributed by atoms with van der Waals surface area (Å²) >= 11 is 0. The molecule has 0 fully saturated rings. The monoisotopic (exact) mass is 254 g/mol. The van der Waals surface area contributed by atoms with Crippen LogP contribution >= 0.6 is 0 Å². The molecule has 0 spiro atoms. The highest BCUT2D eigenvalue weighted by Gasteiger charge is 2.31. The van der Waals surface area contributed by atoms with Gasteiger partial charge in [-0.05, 0) is 32.6 Å². The largest absolute Gasteiger partial charge is 0.480 e. The maximum absolute atomic E-state index is 11.9. The summed E-state index contributed by atoms with van der Waals surface area (Å²) in [6.45, 7) is 3.43. The van der Waals surface area contributed by atoms with Gasteiger partial charge in [0.15, 0.2) is 0 Å². The molecule has 1 aliphatic carbocycles. The number of carboxylic acids is 1. The zero-order chi connectivity index (χ0) is 13.8.